The van der Waals surface area contributed by atoms with Crippen LogP contribution in [-0.2, 0) is 15.8 Å². The van der Waals surface area contributed by atoms with Gasteiger partial charge >= 0.3 is 0 Å². The third kappa shape index (κ3) is 3.77. The van der Waals surface area contributed by atoms with Crippen molar-refractivity contribution in [2.45, 2.75) is 23.3 Å². The Morgan fingerprint density at radius 2 is 1.90 bits per heavy atom. The number of nitrogens with two attached hydrogens (primary N) is 1. The molecule has 1 aromatic rings. The molecule has 1 aromatic carbocycles. The Morgan fingerprint density at radius 3 is 2.38 bits per heavy atom. The predicted octanol–water partition coefficient (Wildman–Crippen LogP) is 2.00. The van der Waals surface area contributed by atoms with Crippen LogP contribution in [-0.4, -0.2) is 41.8 Å². The monoisotopic (exact) mass is 344 g/mol. The van der Waals surface area contributed by atoms with Gasteiger partial charge < -0.3 is 5.73 Å². The van der Waals surface area contributed by atoms with Crippen LogP contribution >= 0.6 is 24.0 Å². The van der Waals surface area contributed by atoms with Gasteiger partial charge in [-0.1, -0.05) is 42.5 Å². The second-order valence-corrected chi connectivity index (χ2v) is 8.80. The van der Waals surface area contributed by atoms with Gasteiger partial charge in [-0.25, -0.2) is 12.7 Å². The number of thiocarbonyl (C=S) groups is 1. The number of hydrogen-bond acceptors (Lipinski definition) is 4. The maximum atomic E-state index is 12.5. The molecule has 0 aliphatic carbocycles. The van der Waals surface area contributed by atoms with E-state index in [1.165, 1.54) is 0 Å². The molecule has 0 aromatic heterocycles. The largest absolute Gasteiger partial charge is 0.392 e. The Bertz CT molecular complexity index is 594. The minimum Gasteiger partial charge on any atom is -0.392 e. The SMILES string of the molecule is CSC1(C(N)=S)CCN(S(=O)(=O)Cc2ccccc2)CC1. The van der Waals surface area contributed by atoms with E-state index in [4.69, 9.17) is 18.0 Å². The van der Waals surface area contributed by atoms with Crippen molar-refractivity contribution in [3.8, 4) is 0 Å². The topological polar surface area (TPSA) is 63.4 Å². The summed E-state index contributed by atoms with van der Waals surface area (Å²) in [5.41, 5.74) is 6.65. The van der Waals surface area contributed by atoms with Gasteiger partial charge in [0, 0.05) is 13.1 Å². The average Bonchev–Trinajstić information content (AvgIpc) is 2.47. The number of thioether (sulfide) groups is 1. The van der Waals surface area contributed by atoms with E-state index in [0.29, 0.717) is 30.9 Å². The van der Waals surface area contributed by atoms with E-state index in [-0.39, 0.29) is 10.5 Å². The lowest BCUT2D eigenvalue weighted by atomic mass is 9.97. The van der Waals surface area contributed by atoms with E-state index in [2.05, 4.69) is 0 Å². The summed E-state index contributed by atoms with van der Waals surface area (Å²) < 4.78 is 26.3. The second kappa shape index (κ2) is 6.64. The molecule has 0 atom stereocenters. The smallest absolute Gasteiger partial charge is 0.218 e. The second-order valence-electron chi connectivity index (χ2n) is 5.20. The third-order valence-corrected chi connectivity index (χ3v) is 7.73. The molecular formula is C14H20N2O2S3. The van der Waals surface area contributed by atoms with Crippen LogP contribution in [0.15, 0.2) is 30.3 Å². The van der Waals surface area contributed by atoms with Crippen LogP contribution in [0.5, 0.6) is 0 Å². The Hall–Kier alpha value is -0.630. The van der Waals surface area contributed by atoms with Crippen LogP contribution in [0.3, 0.4) is 0 Å². The van der Waals surface area contributed by atoms with Crippen molar-refractivity contribution >= 4 is 39.0 Å². The van der Waals surface area contributed by atoms with Gasteiger partial charge in [0.25, 0.3) is 0 Å². The van der Waals surface area contributed by atoms with Crippen molar-refractivity contribution in [1.82, 2.24) is 4.31 Å². The summed E-state index contributed by atoms with van der Waals surface area (Å²) in [5.74, 6) is 0.0488. The van der Waals surface area contributed by atoms with Gasteiger partial charge in [-0.2, -0.15) is 11.8 Å². The first kappa shape index (κ1) is 16.7. The molecule has 7 heteroatoms. The summed E-state index contributed by atoms with van der Waals surface area (Å²) in [7, 11) is -3.28. The van der Waals surface area contributed by atoms with Crippen molar-refractivity contribution in [2.75, 3.05) is 19.3 Å². The van der Waals surface area contributed by atoms with Gasteiger partial charge in [0.2, 0.25) is 10.0 Å². The van der Waals surface area contributed by atoms with Crippen LogP contribution in [0.25, 0.3) is 0 Å². The molecule has 21 heavy (non-hydrogen) atoms. The van der Waals surface area contributed by atoms with Gasteiger partial charge in [0.05, 0.1) is 15.5 Å². The Kier molecular flexibility index (Phi) is 5.29. The quantitative estimate of drug-likeness (QED) is 0.828. The van der Waals surface area contributed by atoms with Crippen LogP contribution < -0.4 is 5.73 Å². The van der Waals surface area contributed by atoms with Gasteiger partial charge in [0.1, 0.15) is 0 Å². The van der Waals surface area contributed by atoms with Crippen molar-refractivity contribution in [3.63, 3.8) is 0 Å². The van der Waals surface area contributed by atoms with Crippen molar-refractivity contribution < 1.29 is 8.42 Å². The molecule has 2 N–H and O–H groups in total. The van der Waals surface area contributed by atoms with Gasteiger partial charge in [-0.05, 0) is 24.7 Å². The van der Waals surface area contributed by atoms with Crippen LogP contribution in [0, 0.1) is 0 Å². The molecule has 0 saturated carbocycles. The van der Waals surface area contributed by atoms with E-state index in [1.807, 2.05) is 36.6 Å². The average molecular weight is 345 g/mol. The molecule has 0 unspecified atom stereocenters. The van der Waals surface area contributed by atoms with E-state index in [1.54, 1.807) is 16.1 Å². The van der Waals surface area contributed by atoms with E-state index < -0.39 is 10.0 Å². The number of nitrogens with zero attached hydrogens (tertiary/aromatic N) is 1. The zero-order valence-electron chi connectivity index (χ0n) is 12.0. The maximum absolute atomic E-state index is 12.5. The standard InChI is InChI=1S/C14H20N2O2S3/c1-20-14(13(15)19)7-9-16(10-8-14)21(17,18)11-12-5-3-2-4-6-12/h2-6H,7-11H2,1H3,(H2,15,19). The zero-order chi connectivity index (χ0) is 15.5. The highest BCUT2D eigenvalue weighted by Gasteiger charge is 2.39. The van der Waals surface area contributed by atoms with Gasteiger partial charge in [-0.3, -0.25) is 0 Å². The first-order valence-electron chi connectivity index (χ1n) is 6.76. The summed E-state index contributed by atoms with van der Waals surface area (Å²) in [6, 6.07) is 9.26. The normalized spacial score (nSPS) is 19.3. The lowest BCUT2D eigenvalue weighted by Crippen LogP contribution is -2.50. The first-order chi connectivity index (χ1) is 9.89. The van der Waals surface area contributed by atoms with Crippen LogP contribution in [0.4, 0.5) is 0 Å². The fourth-order valence-corrected chi connectivity index (χ4v) is 5.33. The molecular weight excluding hydrogens is 324 g/mol. The molecule has 0 bridgehead atoms. The molecule has 1 aliphatic heterocycles. The molecule has 2 rings (SSSR count). The molecule has 0 spiro atoms. The molecule has 1 fully saturated rings. The summed E-state index contributed by atoms with van der Waals surface area (Å²) in [6.45, 7) is 0.959. The number of hydrogen-bond donors (Lipinski definition) is 1. The lowest BCUT2D eigenvalue weighted by molar-refractivity contribution is 0.332. The summed E-state index contributed by atoms with van der Waals surface area (Å²) in [4.78, 5) is 0.482. The fourth-order valence-electron chi connectivity index (χ4n) is 2.55. The highest BCUT2D eigenvalue weighted by Crippen LogP contribution is 2.36. The third-order valence-electron chi connectivity index (χ3n) is 3.96. The molecule has 4 nitrogen and oxygen atoms in total. The molecule has 1 saturated heterocycles. The molecule has 1 aliphatic rings. The lowest BCUT2D eigenvalue weighted by Gasteiger charge is -2.39. The van der Waals surface area contributed by atoms with Crippen LogP contribution in [0.2, 0.25) is 0 Å². The zero-order valence-corrected chi connectivity index (χ0v) is 14.4. The number of piperidine rings is 1. The molecule has 1 heterocycles. The van der Waals surface area contributed by atoms with E-state index in [9.17, 15) is 8.42 Å². The fraction of sp³-hybridized carbons (Fsp3) is 0.500. The predicted molar refractivity (Wildman–Crippen MR) is 92.9 cm³/mol. The minimum atomic E-state index is -3.28. The Balaban J connectivity index is 2.06. The summed E-state index contributed by atoms with van der Waals surface area (Å²) in [5, 5.41) is 0. The van der Waals surface area contributed by atoms with Crippen LogP contribution in [0.1, 0.15) is 18.4 Å². The van der Waals surface area contributed by atoms with Crippen molar-refractivity contribution in [1.29, 1.82) is 0 Å². The minimum absolute atomic E-state index is 0.0488. The Labute approximate surface area is 136 Å². The van der Waals surface area contributed by atoms with Gasteiger partial charge in [-0.15, -0.1) is 0 Å². The number of rotatable bonds is 5. The maximum Gasteiger partial charge on any atom is 0.218 e. The van der Waals surface area contributed by atoms with E-state index in [0.717, 1.165) is 5.56 Å². The summed E-state index contributed by atoms with van der Waals surface area (Å²) in [6.07, 6.45) is 3.34. The Morgan fingerprint density at radius 1 is 1.33 bits per heavy atom. The first-order valence-corrected chi connectivity index (χ1v) is 10.0. The highest BCUT2D eigenvalue weighted by atomic mass is 32.2. The highest BCUT2D eigenvalue weighted by molar-refractivity contribution is 8.02. The molecule has 0 amide bonds. The van der Waals surface area contributed by atoms with Gasteiger partial charge in [0.15, 0.2) is 0 Å². The summed E-state index contributed by atoms with van der Waals surface area (Å²) >= 11 is 6.78. The molecule has 116 valence electrons. The molecule has 0 radical (unpaired) electrons. The van der Waals surface area contributed by atoms with Crippen molar-refractivity contribution in [3.05, 3.63) is 35.9 Å². The number of sulfonamides is 1. The van der Waals surface area contributed by atoms with E-state index >= 15 is 0 Å². The number of benzene rings is 1. The van der Waals surface area contributed by atoms with Crippen molar-refractivity contribution in [2.24, 2.45) is 5.73 Å².